The highest BCUT2D eigenvalue weighted by molar-refractivity contribution is 8.11. The number of hydrogen-bond donors (Lipinski definition) is 0. The molecule has 1 saturated heterocycles. The predicted octanol–water partition coefficient (Wildman–Crippen LogP) is 6.76. The zero-order valence-corrected chi connectivity index (χ0v) is 17.8. The fourth-order valence-electron chi connectivity index (χ4n) is 4.41. The highest BCUT2D eigenvalue weighted by Crippen LogP contribution is 2.81. The molecule has 132 valence electrons. The Hall–Kier alpha value is -1.77. The predicted molar refractivity (Wildman–Crippen MR) is 117 cm³/mol. The monoisotopic (exact) mass is 374 g/mol. The zero-order chi connectivity index (χ0) is 18.4. The fraction of sp³-hybridized carbons (Fsp3) is 0.250. The van der Waals surface area contributed by atoms with Gasteiger partial charge < -0.3 is 0 Å². The van der Waals surface area contributed by atoms with Crippen LogP contribution in [0.1, 0.15) is 22.3 Å². The van der Waals surface area contributed by atoms with Gasteiger partial charge in [-0.1, -0.05) is 110 Å². The molecule has 1 fully saturated rings. The topological polar surface area (TPSA) is 0 Å². The number of aryl methyl sites for hydroxylation is 1. The van der Waals surface area contributed by atoms with Crippen molar-refractivity contribution in [1.29, 1.82) is 0 Å². The summed E-state index contributed by atoms with van der Waals surface area (Å²) in [7, 11) is -1.57. The van der Waals surface area contributed by atoms with Gasteiger partial charge in [-0.3, -0.25) is 0 Å². The molecule has 0 aliphatic carbocycles. The molecule has 1 heterocycles. The fourth-order valence-corrected chi connectivity index (χ4v) is 10.9. The summed E-state index contributed by atoms with van der Waals surface area (Å²) in [6.45, 7) is 9.74. The van der Waals surface area contributed by atoms with Crippen LogP contribution in [0.15, 0.2) is 84.9 Å². The van der Waals surface area contributed by atoms with E-state index in [0.717, 1.165) is 0 Å². The van der Waals surface area contributed by atoms with Gasteiger partial charge in [-0.05, 0) is 23.6 Å². The minimum absolute atomic E-state index is 0.00918. The molecule has 0 spiro atoms. The van der Waals surface area contributed by atoms with E-state index in [1.54, 1.807) is 0 Å². The van der Waals surface area contributed by atoms with Crippen LogP contribution in [0.3, 0.4) is 0 Å². The third-order valence-corrected chi connectivity index (χ3v) is 12.5. The molecule has 0 N–H and O–H groups in total. The van der Waals surface area contributed by atoms with Gasteiger partial charge in [0.05, 0.1) is 17.2 Å². The molecule has 1 atom stereocenters. The van der Waals surface area contributed by atoms with Crippen LogP contribution in [0.2, 0.25) is 19.6 Å². The van der Waals surface area contributed by atoms with Crippen molar-refractivity contribution in [3.63, 3.8) is 0 Å². The lowest BCUT2D eigenvalue weighted by Crippen LogP contribution is -2.44. The molecule has 0 nitrogen and oxygen atoms in total. The third kappa shape index (κ3) is 2.43. The Labute approximate surface area is 162 Å². The van der Waals surface area contributed by atoms with Gasteiger partial charge in [0.1, 0.15) is 0 Å². The highest BCUT2D eigenvalue weighted by Gasteiger charge is 2.75. The van der Waals surface area contributed by atoms with Gasteiger partial charge in [0.25, 0.3) is 0 Å². The second-order valence-electron chi connectivity index (χ2n) is 8.31. The molecule has 1 unspecified atom stereocenters. The normalized spacial score (nSPS) is 21.4. The van der Waals surface area contributed by atoms with Crippen LogP contribution in [0, 0.1) is 6.92 Å². The minimum Gasteiger partial charge on any atom is -0.133 e. The zero-order valence-electron chi connectivity index (χ0n) is 16.0. The minimum atomic E-state index is -1.57. The van der Waals surface area contributed by atoms with Crippen molar-refractivity contribution in [1.82, 2.24) is 0 Å². The number of rotatable bonds is 4. The summed E-state index contributed by atoms with van der Waals surface area (Å²) in [6, 6.07) is 31.5. The van der Waals surface area contributed by atoms with Crippen molar-refractivity contribution in [2.45, 2.75) is 35.7 Å². The summed E-state index contributed by atoms with van der Waals surface area (Å²) in [6.07, 6.45) is 0. The van der Waals surface area contributed by atoms with Crippen LogP contribution in [-0.4, -0.2) is 8.07 Å². The van der Waals surface area contributed by atoms with E-state index in [0.29, 0.717) is 0 Å². The summed E-state index contributed by atoms with van der Waals surface area (Å²) < 4.78 is 0.158. The van der Waals surface area contributed by atoms with Gasteiger partial charge in [0, 0.05) is 0 Å². The van der Waals surface area contributed by atoms with Crippen molar-refractivity contribution in [2.75, 3.05) is 0 Å². The second kappa shape index (κ2) is 6.14. The lowest BCUT2D eigenvalue weighted by Gasteiger charge is -2.34. The first-order valence-corrected chi connectivity index (χ1v) is 13.6. The summed E-state index contributed by atoms with van der Waals surface area (Å²) >= 11 is 2.17. The molecular formula is C24H26SSi. The number of benzene rings is 3. The maximum Gasteiger partial charge on any atom is 0.0824 e. The van der Waals surface area contributed by atoms with Crippen LogP contribution in [0.5, 0.6) is 0 Å². The average Bonchev–Trinajstić information content (AvgIpc) is 3.37. The second-order valence-corrected chi connectivity index (χ2v) is 15.4. The summed E-state index contributed by atoms with van der Waals surface area (Å²) in [5.41, 5.74) is 5.67. The molecule has 0 amide bonds. The Morgan fingerprint density at radius 2 is 1.08 bits per heavy atom. The molecule has 4 rings (SSSR count). The summed E-state index contributed by atoms with van der Waals surface area (Å²) in [5, 5.41) is 0. The van der Waals surface area contributed by atoms with E-state index >= 15 is 0 Å². The smallest absolute Gasteiger partial charge is 0.0824 e. The van der Waals surface area contributed by atoms with Gasteiger partial charge >= 0.3 is 0 Å². The Morgan fingerprint density at radius 1 is 0.615 bits per heavy atom. The highest BCUT2D eigenvalue weighted by atomic mass is 32.2. The molecular weight excluding hydrogens is 348 g/mol. The molecule has 1 aliphatic heterocycles. The Balaban J connectivity index is 2.00. The van der Waals surface area contributed by atoms with Gasteiger partial charge in [-0.2, -0.15) is 0 Å². The van der Waals surface area contributed by atoms with Crippen LogP contribution < -0.4 is 0 Å². The summed E-state index contributed by atoms with van der Waals surface area (Å²) in [4.78, 5) is 0. The Bertz CT molecular complexity index is 855. The maximum absolute atomic E-state index is 2.52. The molecule has 2 heteroatoms. The van der Waals surface area contributed by atoms with E-state index < -0.39 is 8.07 Å². The number of hydrogen-bond acceptors (Lipinski definition) is 1. The molecule has 0 aromatic heterocycles. The number of thioether (sulfide) groups is 1. The molecule has 0 radical (unpaired) electrons. The molecule has 1 aliphatic rings. The molecule has 3 aromatic rings. The van der Waals surface area contributed by atoms with E-state index in [-0.39, 0.29) is 9.12 Å². The largest absolute Gasteiger partial charge is 0.133 e. The van der Waals surface area contributed by atoms with Crippen LogP contribution in [-0.2, 0) is 9.12 Å². The third-order valence-electron chi connectivity index (χ3n) is 5.64. The Morgan fingerprint density at radius 3 is 1.50 bits per heavy atom. The van der Waals surface area contributed by atoms with Crippen molar-refractivity contribution in [3.05, 3.63) is 107 Å². The molecule has 0 bridgehead atoms. The maximum atomic E-state index is 2.52. The van der Waals surface area contributed by atoms with Crippen molar-refractivity contribution in [3.8, 4) is 0 Å². The molecule has 26 heavy (non-hydrogen) atoms. The first-order chi connectivity index (χ1) is 12.4. The standard InChI is InChI=1S/C24H26SSi/c1-19-15-17-22(18-16-19)24(26(2,3)4)23(25-24,20-11-7-5-8-12-20)21-13-9-6-10-14-21/h5-18H,1-4H3. The van der Waals surface area contributed by atoms with Crippen molar-refractivity contribution in [2.24, 2.45) is 0 Å². The quantitative estimate of drug-likeness (QED) is 0.359. The first kappa shape index (κ1) is 17.6. The van der Waals surface area contributed by atoms with E-state index in [1.165, 1.54) is 22.3 Å². The van der Waals surface area contributed by atoms with E-state index in [2.05, 4.69) is 123 Å². The lowest BCUT2D eigenvalue weighted by molar-refractivity contribution is 0.743. The van der Waals surface area contributed by atoms with Gasteiger partial charge in [0.15, 0.2) is 0 Å². The molecule has 0 saturated carbocycles. The average molecular weight is 375 g/mol. The molecule has 3 aromatic carbocycles. The van der Waals surface area contributed by atoms with Crippen LogP contribution in [0.25, 0.3) is 0 Å². The van der Waals surface area contributed by atoms with E-state index in [1.807, 2.05) is 0 Å². The van der Waals surface area contributed by atoms with Crippen molar-refractivity contribution >= 4 is 19.8 Å². The van der Waals surface area contributed by atoms with E-state index in [4.69, 9.17) is 0 Å². The summed E-state index contributed by atoms with van der Waals surface area (Å²) in [5.74, 6) is 0. The van der Waals surface area contributed by atoms with Gasteiger partial charge in [-0.25, -0.2) is 0 Å². The SMILES string of the molecule is Cc1ccc(C2([Si](C)(C)C)SC2(c2ccccc2)c2ccccc2)cc1. The van der Waals surface area contributed by atoms with Gasteiger partial charge in [0.2, 0.25) is 0 Å². The van der Waals surface area contributed by atoms with Crippen molar-refractivity contribution < 1.29 is 0 Å². The van der Waals surface area contributed by atoms with Crippen LogP contribution in [0.4, 0.5) is 0 Å². The van der Waals surface area contributed by atoms with E-state index in [9.17, 15) is 0 Å². The van der Waals surface area contributed by atoms with Crippen LogP contribution >= 0.6 is 11.8 Å². The first-order valence-electron chi connectivity index (χ1n) is 9.30. The Kier molecular flexibility index (Phi) is 4.16. The van der Waals surface area contributed by atoms with Gasteiger partial charge in [-0.15, -0.1) is 11.8 Å². The lowest BCUT2D eigenvalue weighted by atomic mass is 9.85.